The average Bonchev–Trinajstić information content (AvgIpc) is 2.31. The van der Waals surface area contributed by atoms with Crippen molar-refractivity contribution in [1.29, 1.82) is 5.26 Å². The minimum atomic E-state index is -3.86. The first-order valence-electron chi connectivity index (χ1n) is 6.09. The summed E-state index contributed by atoms with van der Waals surface area (Å²) in [5.41, 5.74) is -1.11. The third-order valence-corrected chi connectivity index (χ3v) is 4.34. The normalized spacial score (nSPS) is 19.6. The van der Waals surface area contributed by atoms with Gasteiger partial charge in [-0.25, -0.2) is 8.42 Å². The fourth-order valence-corrected chi connectivity index (χ4v) is 3.24. The van der Waals surface area contributed by atoms with Crippen LogP contribution in [0.25, 0.3) is 0 Å². The second-order valence-electron chi connectivity index (χ2n) is 4.66. The molecule has 108 valence electrons. The lowest BCUT2D eigenvalue weighted by Gasteiger charge is -2.35. The minimum absolute atomic E-state index is 0.128. The maximum Gasteiger partial charge on any atom is 0.322 e. The molecule has 0 aliphatic carbocycles. The van der Waals surface area contributed by atoms with Crippen molar-refractivity contribution in [3.63, 3.8) is 0 Å². The van der Waals surface area contributed by atoms with E-state index < -0.39 is 27.3 Å². The molecule has 0 unspecified atom stereocenters. The zero-order valence-electron chi connectivity index (χ0n) is 11.2. The van der Waals surface area contributed by atoms with Gasteiger partial charge < -0.3 is 9.64 Å². The number of nitrogens with zero attached hydrogens (tertiary/aromatic N) is 2. The molecule has 0 radical (unpaired) electrons. The molecule has 0 aromatic carbocycles. The molecule has 0 amide bonds. The Morgan fingerprint density at radius 2 is 2.05 bits per heavy atom. The van der Waals surface area contributed by atoms with Crippen molar-refractivity contribution in [3.05, 3.63) is 0 Å². The van der Waals surface area contributed by atoms with Crippen LogP contribution in [0.3, 0.4) is 0 Å². The smallest absolute Gasteiger partial charge is 0.322 e. The molecule has 1 fully saturated rings. The summed E-state index contributed by atoms with van der Waals surface area (Å²) in [7, 11) is -1.95. The van der Waals surface area contributed by atoms with Gasteiger partial charge in [-0.05, 0) is 26.8 Å². The van der Waals surface area contributed by atoms with Gasteiger partial charge in [-0.15, -0.1) is 0 Å². The number of carbonyl (C=O) groups excluding carboxylic acids is 1. The second-order valence-corrected chi connectivity index (χ2v) is 6.39. The fraction of sp³-hybridized carbons (Fsp3) is 0.818. The van der Waals surface area contributed by atoms with Gasteiger partial charge in [-0.3, -0.25) is 4.79 Å². The first kappa shape index (κ1) is 15.9. The third-order valence-electron chi connectivity index (χ3n) is 3.02. The van der Waals surface area contributed by atoms with Crippen LogP contribution >= 0.6 is 0 Å². The van der Waals surface area contributed by atoms with Crippen LogP contribution < -0.4 is 4.72 Å². The lowest BCUT2D eigenvalue weighted by molar-refractivity contribution is -0.139. The zero-order chi connectivity index (χ0) is 14.5. The Bertz CT molecular complexity index is 461. The highest BCUT2D eigenvalue weighted by molar-refractivity contribution is 7.90. The molecule has 7 nitrogen and oxygen atoms in total. The molecule has 1 saturated heterocycles. The van der Waals surface area contributed by atoms with Crippen LogP contribution in [0.5, 0.6) is 0 Å². The van der Waals surface area contributed by atoms with Crippen molar-refractivity contribution in [2.24, 2.45) is 0 Å². The molecule has 0 saturated carbocycles. The maximum absolute atomic E-state index is 11.9. The fourth-order valence-electron chi connectivity index (χ4n) is 1.93. The monoisotopic (exact) mass is 289 g/mol. The first-order chi connectivity index (χ1) is 8.82. The van der Waals surface area contributed by atoms with E-state index in [-0.39, 0.29) is 6.61 Å². The van der Waals surface area contributed by atoms with Gasteiger partial charge in [0.15, 0.2) is 5.75 Å². The molecule has 1 rings (SSSR count). The Balaban J connectivity index is 2.70. The van der Waals surface area contributed by atoms with Gasteiger partial charge in [-0.1, -0.05) is 0 Å². The van der Waals surface area contributed by atoms with Crippen LogP contribution in [-0.2, 0) is 19.6 Å². The number of rotatable bonds is 5. The number of sulfonamides is 1. The Hall–Kier alpha value is -1.17. The summed E-state index contributed by atoms with van der Waals surface area (Å²) in [5.74, 6) is -1.56. The van der Waals surface area contributed by atoms with Crippen LogP contribution in [0.1, 0.15) is 19.8 Å². The third kappa shape index (κ3) is 4.78. The lowest BCUT2D eigenvalue weighted by atomic mass is 9.91. The van der Waals surface area contributed by atoms with Crippen LogP contribution in [0.15, 0.2) is 0 Å². The highest BCUT2D eigenvalue weighted by Crippen LogP contribution is 2.21. The van der Waals surface area contributed by atoms with Crippen molar-refractivity contribution in [2.75, 3.05) is 32.5 Å². The predicted molar refractivity (Wildman–Crippen MR) is 68.6 cm³/mol. The van der Waals surface area contributed by atoms with Crippen LogP contribution in [-0.4, -0.2) is 57.3 Å². The molecule has 0 spiro atoms. The first-order valence-corrected chi connectivity index (χ1v) is 7.75. The van der Waals surface area contributed by atoms with Crippen LogP contribution in [0, 0.1) is 11.3 Å². The molecule has 0 aromatic heterocycles. The Morgan fingerprint density at radius 3 is 2.53 bits per heavy atom. The Labute approximate surface area is 113 Å². The van der Waals surface area contributed by atoms with Gasteiger partial charge in [0.1, 0.15) is 5.54 Å². The standard InChI is InChI=1S/C11H19N3O4S/c1-3-18-10(15)8-19(16,17)13-11(9-12)4-6-14(2)7-5-11/h13H,3-8H2,1-2H3. The molecule has 19 heavy (non-hydrogen) atoms. The number of nitriles is 1. The van der Waals surface area contributed by atoms with E-state index in [0.29, 0.717) is 25.9 Å². The molecule has 8 heteroatoms. The molecule has 1 N–H and O–H groups in total. The van der Waals surface area contributed by atoms with E-state index in [1.165, 1.54) is 0 Å². The largest absolute Gasteiger partial charge is 0.465 e. The lowest BCUT2D eigenvalue weighted by Crippen LogP contribution is -2.54. The zero-order valence-corrected chi connectivity index (χ0v) is 12.0. The minimum Gasteiger partial charge on any atom is -0.465 e. The molecule has 0 atom stereocenters. The summed E-state index contributed by atoms with van der Waals surface area (Å²) in [4.78, 5) is 13.2. The van der Waals surface area contributed by atoms with Crippen molar-refractivity contribution in [1.82, 2.24) is 9.62 Å². The number of piperidine rings is 1. The van der Waals surface area contributed by atoms with Crippen molar-refractivity contribution in [3.8, 4) is 6.07 Å². The quantitative estimate of drug-likeness (QED) is 0.682. The second kappa shape index (κ2) is 6.32. The average molecular weight is 289 g/mol. The topological polar surface area (TPSA) is 99.5 Å². The summed E-state index contributed by atoms with van der Waals surface area (Å²) in [5, 5.41) is 9.22. The van der Waals surface area contributed by atoms with Gasteiger partial charge in [-0.2, -0.15) is 9.98 Å². The van der Waals surface area contributed by atoms with Crippen molar-refractivity contribution in [2.45, 2.75) is 25.3 Å². The van der Waals surface area contributed by atoms with E-state index in [0.717, 1.165) is 0 Å². The van der Waals surface area contributed by atoms with Crippen molar-refractivity contribution < 1.29 is 17.9 Å². The van der Waals surface area contributed by atoms with Gasteiger partial charge in [0.2, 0.25) is 10.0 Å². The molecule has 1 heterocycles. The van der Waals surface area contributed by atoms with E-state index in [9.17, 15) is 18.5 Å². The van der Waals surface area contributed by atoms with E-state index in [1.807, 2.05) is 18.0 Å². The molecule has 1 aliphatic heterocycles. The van der Waals surface area contributed by atoms with Gasteiger partial charge in [0.25, 0.3) is 0 Å². The summed E-state index contributed by atoms with van der Waals surface area (Å²) in [6.07, 6.45) is 0.810. The highest BCUT2D eigenvalue weighted by Gasteiger charge is 2.38. The number of likely N-dealkylation sites (tertiary alicyclic amines) is 1. The molecule has 1 aliphatic rings. The summed E-state index contributed by atoms with van der Waals surface area (Å²) in [6.45, 7) is 3.00. The molecular formula is C11H19N3O4S. The number of carbonyl (C=O) groups is 1. The Morgan fingerprint density at radius 1 is 1.47 bits per heavy atom. The van der Waals surface area contributed by atoms with E-state index in [4.69, 9.17) is 0 Å². The van der Waals surface area contributed by atoms with Crippen LogP contribution in [0.4, 0.5) is 0 Å². The predicted octanol–water partition coefficient (Wildman–Crippen LogP) is -0.543. The molecule has 0 bridgehead atoms. The maximum atomic E-state index is 11.9. The number of ether oxygens (including phenoxy) is 1. The van der Waals surface area contributed by atoms with Gasteiger partial charge in [0, 0.05) is 13.1 Å². The summed E-state index contributed by atoms with van der Waals surface area (Å²) >= 11 is 0. The number of nitrogens with one attached hydrogen (secondary N) is 1. The van der Waals surface area contributed by atoms with E-state index in [1.54, 1.807) is 6.92 Å². The number of hydrogen-bond acceptors (Lipinski definition) is 6. The SMILES string of the molecule is CCOC(=O)CS(=O)(=O)NC1(C#N)CCN(C)CC1. The summed E-state index contributed by atoms with van der Waals surface area (Å²) in [6, 6.07) is 2.03. The number of esters is 1. The summed E-state index contributed by atoms with van der Waals surface area (Å²) < 4.78 is 30.7. The van der Waals surface area contributed by atoms with E-state index in [2.05, 4.69) is 9.46 Å². The number of hydrogen-bond donors (Lipinski definition) is 1. The molecule has 0 aromatic rings. The molecular weight excluding hydrogens is 270 g/mol. The Kier molecular flexibility index (Phi) is 5.29. The highest BCUT2D eigenvalue weighted by atomic mass is 32.2. The van der Waals surface area contributed by atoms with Crippen LogP contribution in [0.2, 0.25) is 0 Å². The van der Waals surface area contributed by atoms with Crippen molar-refractivity contribution >= 4 is 16.0 Å². The van der Waals surface area contributed by atoms with Gasteiger partial charge >= 0.3 is 5.97 Å². The van der Waals surface area contributed by atoms with Gasteiger partial charge in [0.05, 0.1) is 12.7 Å². The van der Waals surface area contributed by atoms with E-state index >= 15 is 0 Å².